The van der Waals surface area contributed by atoms with E-state index in [-0.39, 0.29) is 29.3 Å². The minimum atomic E-state index is -0.739. The van der Waals surface area contributed by atoms with E-state index in [1.54, 1.807) is 0 Å². The van der Waals surface area contributed by atoms with Crippen LogP contribution in [-0.4, -0.2) is 47.7 Å². The third kappa shape index (κ3) is 2.86. The number of carbonyl (C=O) groups is 2. The molecule has 1 saturated carbocycles. The molecule has 5 heteroatoms. The Morgan fingerprint density at radius 1 is 1.14 bits per heavy atom. The van der Waals surface area contributed by atoms with Crippen molar-refractivity contribution >= 4 is 11.9 Å². The lowest BCUT2D eigenvalue weighted by Gasteiger charge is -2.36. The maximum Gasteiger partial charge on any atom is 0.309 e. The van der Waals surface area contributed by atoms with Crippen LogP contribution in [0.1, 0.15) is 49.7 Å². The maximum atomic E-state index is 13.2. The zero-order valence-electron chi connectivity index (χ0n) is 16.3. The highest BCUT2D eigenvalue weighted by Gasteiger charge is 2.61. The number of hydrogen-bond donors (Lipinski definition) is 1. The van der Waals surface area contributed by atoms with Crippen LogP contribution in [0.5, 0.6) is 0 Å². The lowest BCUT2D eigenvalue weighted by atomic mass is 9.78. The minimum absolute atomic E-state index is 0.0890. The lowest BCUT2D eigenvalue weighted by molar-refractivity contribution is -0.146. The van der Waals surface area contributed by atoms with Crippen molar-refractivity contribution in [2.24, 2.45) is 17.8 Å². The molecule has 2 aliphatic carbocycles. The molecule has 1 spiro atoms. The lowest BCUT2D eigenvalue weighted by Crippen LogP contribution is -2.44. The predicted octanol–water partition coefficient (Wildman–Crippen LogP) is 3.01. The van der Waals surface area contributed by atoms with Gasteiger partial charge >= 0.3 is 5.97 Å². The second-order valence-corrected chi connectivity index (χ2v) is 9.16. The third-order valence-corrected chi connectivity index (χ3v) is 7.76. The van der Waals surface area contributed by atoms with E-state index in [1.165, 1.54) is 17.5 Å². The van der Waals surface area contributed by atoms with Crippen molar-refractivity contribution in [3.63, 3.8) is 0 Å². The van der Waals surface area contributed by atoms with Gasteiger partial charge in [0.25, 0.3) is 0 Å². The molecule has 2 heterocycles. The summed E-state index contributed by atoms with van der Waals surface area (Å²) in [4.78, 5) is 26.7. The zero-order chi connectivity index (χ0) is 19.3. The monoisotopic (exact) mass is 383 g/mol. The van der Waals surface area contributed by atoms with Gasteiger partial charge < -0.3 is 14.7 Å². The molecule has 1 amide bonds. The minimum Gasteiger partial charge on any atom is -0.481 e. The van der Waals surface area contributed by atoms with Gasteiger partial charge in [0, 0.05) is 31.0 Å². The van der Waals surface area contributed by atoms with Gasteiger partial charge in [0.1, 0.15) is 0 Å². The molecule has 1 N–H and O–H groups in total. The van der Waals surface area contributed by atoms with Gasteiger partial charge in [0.15, 0.2) is 0 Å². The topological polar surface area (TPSA) is 66.8 Å². The van der Waals surface area contributed by atoms with E-state index in [2.05, 4.69) is 24.3 Å². The van der Waals surface area contributed by atoms with Gasteiger partial charge in [-0.1, -0.05) is 24.3 Å². The quantitative estimate of drug-likeness (QED) is 0.871. The van der Waals surface area contributed by atoms with Crippen LogP contribution in [-0.2, 0) is 26.2 Å². The van der Waals surface area contributed by atoms with E-state index in [4.69, 9.17) is 4.74 Å². The standard InChI is InChI=1S/C23H29NO4/c25-21(19-14-23(19)10-3-5-15-4-1-2-6-18(15)23)24-11-7-16(8-12-24)20-17(22(26)27)9-13-28-20/h1-2,4,6,16-17,19-20H,3,5,7-14H2,(H,26,27)/t17?,19?,20-,23?/m0/s1. The van der Waals surface area contributed by atoms with Crippen LogP contribution in [0, 0.1) is 17.8 Å². The third-order valence-electron chi connectivity index (χ3n) is 7.76. The molecule has 1 aromatic carbocycles. The summed E-state index contributed by atoms with van der Waals surface area (Å²) in [5, 5.41) is 9.41. The summed E-state index contributed by atoms with van der Waals surface area (Å²) in [6, 6.07) is 8.68. The molecule has 0 radical (unpaired) electrons. The summed E-state index contributed by atoms with van der Waals surface area (Å²) >= 11 is 0. The normalized spacial score (nSPS) is 35.0. The highest BCUT2D eigenvalue weighted by molar-refractivity contribution is 5.85. The number of carboxylic acids is 1. The van der Waals surface area contributed by atoms with Crippen LogP contribution in [0.15, 0.2) is 24.3 Å². The van der Waals surface area contributed by atoms with E-state index in [0.717, 1.165) is 45.2 Å². The van der Waals surface area contributed by atoms with Crippen molar-refractivity contribution in [2.75, 3.05) is 19.7 Å². The Morgan fingerprint density at radius 3 is 2.71 bits per heavy atom. The Bertz CT molecular complexity index is 785. The van der Waals surface area contributed by atoms with Crippen LogP contribution < -0.4 is 0 Å². The smallest absolute Gasteiger partial charge is 0.309 e. The number of piperidine rings is 1. The fourth-order valence-electron chi connectivity index (χ4n) is 6.16. The van der Waals surface area contributed by atoms with Gasteiger partial charge in [0.2, 0.25) is 5.91 Å². The van der Waals surface area contributed by atoms with Crippen molar-refractivity contribution in [1.29, 1.82) is 0 Å². The van der Waals surface area contributed by atoms with Crippen LogP contribution in [0.4, 0.5) is 0 Å². The Kier molecular flexibility index (Phi) is 4.46. The highest BCUT2D eigenvalue weighted by Crippen LogP contribution is 2.61. The number of benzene rings is 1. The van der Waals surface area contributed by atoms with E-state index in [9.17, 15) is 14.7 Å². The first kappa shape index (κ1) is 18.2. The summed E-state index contributed by atoms with van der Waals surface area (Å²) in [5.41, 5.74) is 2.94. The number of carboxylic acid groups (broad SMARTS) is 1. The molecule has 2 aliphatic heterocycles. The second-order valence-electron chi connectivity index (χ2n) is 9.16. The number of carbonyl (C=O) groups excluding carboxylic acids is 1. The number of aliphatic carboxylic acids is 1. The van der Waals surface area contributed by atoms with Gasteiger partial charge in [-0.15, -0.1) is 0 Å². The molecular weight excluding hydrogens is 354 g/mol. The van der Waals surface area contributed by atoms with E-state index in [0.29, 0.717) is 18.9 Å². The second kappa shape index (κ2) is 6.87. The van der Waals surface area contributed by atoms with Crippen LogP contribution in [0.25, 0.3) is 0 Å². The molecule has 4 atom stereocenters. The van der Waals surface area contributed by atoms with Gasteiger partial charge in [-0.25, -0.2) is 0 Å². The molecule has 0 aromatic heterocycles. The predicted molar refractivity (Wildman–Crippen MR) is 104 cm³/mol. The van der Waals surface area contributed by atoms with E-state index < -0.39 is 5.97 Å². The molecule has 28 heavy (non-hydrogen) atoms. The number of nitrogens with zero attached hydrogens (tertiary/aromatic N) is 1. The summed E-state index contributed by atoms with van der Waals surface area (Å²) in [6.45, 7) is 2.03. The van der Waals surface area contributed by atoms with Gasteiger partial charge in [-0.3, -0.25) is 9.59 Å². The highest BCUT2D eigenvalue weighted by atomic mass is 16.5. The van der Waals surface area contributed by atoms with Gasteiger partial charge in [-0.05, 0) is 62.0 Å². The Morgan fingerprint density at radius 2 is 1.93 bits per heavy atom. The molecule has 3 unspecified atom stereocenters. The Hall–Kier alpha value is -1.88. The van der Waals surface area contributed by atoms with Crippen molar-refractivity contribution in [3.05, 3.63) is 35.4 Å². The number of hydrogen-bond acceptors (Lipinski definition) is 3. The molecule has 0 bridgehead atoms. The van der Waals surface area contributed by atoms with Crippen LogP contribution >= 0.6 is 0 Å². The molecule has 1 aromatic rings. The van der Waals surface area contributed by atoms with Crippen LogP contribution in [0.3, 0.4) is 0 Å². The molecule has 4 aliphatic rings. The van der Waals surface area contributed by atoms with Crippen molar-refractivity contribution in [2.45, 2.75) is 56.5 Å². The Labute approximate surface area is 166 Å². The first-order valence-corrected chi connectivity index (χ1v) is 10.8. The van der Waals surface area contributed by atoms with Crippen LogP contribution in [0.2, 0.25) is 0 Å². The first-order valence-electron chi connectivity index (χ1n) is 10.8. The number of likely N-dealkylation sites (tertiary alicyclic amines) is 1. The molecular formula is C23H29NO4. The number of fused-ring (bicyclic) bond motifs is 2. The number of aryl methyl sites for hydroxylation is 1. The molecule has 150 valence electrons. The number of ether oxygens (including phenoxy) is 1. The van der Waals surface area contributed by atoms with E-state index >= 15 is 0 Å². The maximum absolute atomic E-state index is 13.2. The van der Waals surface area contributed by atoms with Gasteiger partial charge in [0.05, 0.1) is 12.0 Å². The van der Waals surface area contributed by atoms with Crippen molar-refractivity contribution < 1.29 is 19.4 Å². The Balaban J connectivity index is 1.23. The number of amides is 1. The molecule has 3 fully saturated rings. The molecule has 2 saturated heterocycles. The fraction of sp³-hybridized carbons (Fsp3) is 0.652. The van der Waals surface area contributed by atoms with Crippen molar-refractivity contribution in [1.82, 2.24) is 4.90 Å². The average molecular weight is 383 g/mol. The molecule has 5 rings (SSSR count). The summed E-state index contributed by atoms with van der Waals surface area (Å²) in [7, 11) is 0. The SMILES string of the molecule is O=C(O)C1CCO[C@H]1C1CCN(C(=O)C2CC23CCCc2ccccc23)CC1. The zero-order valence-corrected chi connectivity index (χ0v) is 16.3. The summed E-state index contributed by atoms with van der Waals surface area (Å²) in [5.74, 6) is -0.400. The number of rotatable bonds is 3. The largest absolute Gasteiger partial charge is 0.481 e. The van der Waals surface area contributed by atoms with Gasteiger partial charge in [-0.2, -0.15) is 0 Å². The summed E-state index contributed by atoms with van der Waals surface area (Å²) in [6.07, 6.45) is 6.60. The average Bonchev–Trinajstić information content (AvgIpc) is 3.21. The molecule has 5 nitrogen and oxygen atoms in total. The van der Waals surface area contributed by atoms with E-state index in [1.807, 2.05) is 4.90 Å². The first-order chi connectivity index (χ1) is 13.6. The fourth-order valence-corrected chi connectivity index (χ4v) is 6.16. The summed E-state index contributed by atoms with van der Waals surface area (Å²) < 4.78 is 5.77. The van der Waals surface area contributed by atoms with Crippen molar-refractivity contribution in [3.8, 4) is 0 Å².